The van der Waals surface area contributed by atoms with E-state index in [2.05, 4.69) is 15.4 Å². The summed E-state index contributed by atoms with van der Waals surface area (Å²) in [5.74, 6) is -1.24. The van der Waals surface area contributed by atoms with Gasteiger partial charge in [-0.3, -0.25) is 9.59 Å². The van der Waals surface area contributed by atoms with E-state index in [1.165, 1.54) is 6.33 Å². The van der Waals surface area contributed by atoms with E-state index in [1.54, 1.807) is 30.1 Å². The molecule has 0 saturated heterocycles. The molecular weight excluding hydrogens is 308 g/mol. The van der Waals surface area contributed by atoms with Crippen molar-refractivity contribution in [1.29, 1.82) is 0 Å². The minimum absolute atomic E-state index is 0.0210. The molecule has 1 atom stereocenters. The number of nitrogens with one attached hydrogen (secondary N) is 1. The molecular formula is C17H22N4O3. The van der Waals surface area contributed by atoms with Crippen LogP contribution in [0.3, 0.4) is 0 Å². The second-order valence-electron chi connectivity index (χ2n) is 6.44. The summed E-state index contributed by atoms with van der Waals surface area (Å²) in [6.45, 7) is 7.37. The molecule has 0 spiro atoms. The summed E-state index contributed by atoms with van der Waals surface area (Å²) >= 11 is 0. The summed E-state index contributed by atoms with van der Waals surface area (Å²) in [5.41, 5.74) is 1.27. The molecule has 7 nitrogen and oxygen atoms in total. The van der Waals surface area contributed by atoms with Crippen LogP contribution in [0, 0.1) is 12.8 Å². The van der Waals surface area contributed by atoms with E-state index >= 15 is 0 Å². The summed E-state index contributed by atoms with van der Waals surface area (Å²) in [4.78, 5) is 27.6. The number of carboxylic acid groups (broad SMARTS) is 1. The quantitative estimate of drug-likeness (QED) is 0.846. The van der Waals surface area contributed by atoms with Crippen LogP contribution in [0.4, 0.5) is 0 Å². The number of nitrogens with zero attached hydrogens (tertiary/aromatic N) is 3. The van der Waals surface area contributed by atoms with Gasteiger partial charge in [0, 0.05) is 5.56 Å². The molecule has 2 aromatic rings. The molecule has 0 aliphatic heterocycles. The monoisotopic (exact) mass is 330 g/mol. The zero-order valence-electron chi connectivity index (χ0n) is 14.3. The molecule has 1 aromatic heterocycles. The first-order chi connectivity index (χ1) is 11.2. The van der Waals surface area contributed by atoms with E-state index in [0.29, 0.717) is 5.56 Å². The van der Waals surface area contributed by atoms with E-state index in [9.17, 15) is 9.59 Å². The molecule has 1 amide bonds. The van der Waals surface area contributed by atoms with Crippen LogP contribution in [-0.4, -0.2) is 37.3 Å². The Hall–Kier alpha value is -2.70. The first kappa shape index (κ1) is 17.7. The number of aliphatic carboxylic acids is 1. The van der Waals surface area contributed by atoms with Crippen molar-refractivity contribution in [1.82, 2.24) is 20.1 Å². The molecule has 2 N–H and O–H groups in total. The third-order valence-corrected chi connectivity index (χ3v) is 4.33. The molecule has 24 heavy (non-hydrogen) atoms. The van der Waals surface area contributed by atoms with Gasteiger partial charge in [0.25, 0.3) is 5.91 Å². The summed E-state index contributed by atoms with van der Waals surface area (Å²) in [6, 6.07) is 5.33. The lowest BCUT2D eigenvalue weighted by Gasteiger charge is -2.33. The summed E-state index contributed by atoms with van der Waals surface area (Å²) in [6.07, 6.45) is 2.89. The minimum Gasteiger partial charge on any atom is -0.481 e. The van der Waals surface area contributed by atoms with Crippen LogP contribution in [0.1, 0.15) is 43.1 Å². The average Bonchev–Trinajstić information content (AvgIpc) is 2.99. The Bertz CT molecular complexity index is 740. The standard InChI is InChI=1S/C17H22N4O3/c1-11(2)17(4,8-15(22)23)20-16(24)14-6-5-13(7-12(14)3)21-10-18-9-19-21/h5-7,9-11H,8H2,1-4H3,(H,20,24)(H,22,23). The van der Waals surface area contributed by atoms with Gasteiger partial charge in [-0.2, -0.15) is 5.10 Å². The van der Waals surface area contributed by atoms with Gasteiger partial charge >= 0.3 is 5.97 Å². The Labute approximate surface area is 140 Å². The smallest absolute Gasteiger partial charge is 0.305 e. The number of rotatable bonds is 6. The predicted octanol–water partition coefficient (Wildman–Crippen LogP) is 2.19. The number of aromatic nitrogens is 3. The van der Waals surface area contributed by atoms with Crippen LogP contribution in [-0.2, 0) is 4.79 Å². The van der Waals surface area contributed by atoms with Crippen molar-refractivity contribution < 1.29 is 14.7 Å². The van der Waals surface area contributed by atoms with E-state index < -0.39 is 11.5 Å². The van der Waals surface area contributed by atoms with Crippen molar-refractivity contribution in [3.05, 3.63) is 42.0 Å². The second kappa shape index (κ2) is 6.82. The number of carboxylic acids is 1. The van der Waals surface area contributed by atoms with Crippen molar-refractivity contribution in [2.75, 3.05) is 0 Å². The van der Waals surface area contributed by atoms with E-state index in [0.717, 1.165) is 11.3 Å². The van der Waals surface area contributed by atoms with Gasteiger partial charge in [-0.1, -0.05) is 13.8 Å². The Morgan fingerprint density at radius 1 is 1.38 bits per heavy atom. The highest BCUT2D eigenvalue weighted by Crippen LogP contribution is 2.22. The first-order valence-electron chi connectivity index (χ1n) is 7.73. The van der Waals surface area contributed by atoms with Gasteiger partial charge < -0.3 is 10.4 Å². The van der Waals surface area contributed by atoms with Gasteiger partial charge in [0.05, 0.1) is 17.6 Å². The number of benzene rings is 1. The van der Waals surface area contributed by atoms with E-state index in [4.69, 9.17) is 5.11 Å². The lowest BCUT2D eigenvalue weighted by molar-refractivity contribution is -0.138. The fourth-order valence-corrected chi connectivity index (χ4v) is 2.42. The summed E-state index contributed by atoms with van der Waals surface area (Å²) < 4.78 is 1.61. The number of aryl methyl sites for hydroxylation is 1. The van der Waals surface area contributed by atoms with Crippen LogP contribution in [0.2, 0.25) is 0 Å². The highest BCUT2D eigenvalue weighted by Gasteiger charge is 2.33. The lowest BCUT2D eigenvalue weighted by atomic mass is 9.84. The Kier molecular flexibility index (Phi) is 5.02. The van der Waals surface area contributed by atoms with Gasteiger partial charge in [-0.25, -0.2) is 9.67 Å². The maximum absolute atomic E-state index is 12.6. The fraction of sp³-hybridized carbons (Fsp3) is 0.412. The van der Waals surface area contributed by atoms with Gasteiger partial charge in [0.1, 0.15) is 12.7 Å². The van der Waals surface area contributed by atoms with Crippen LogP contribution >= 0.6 is 0 Å². The van der Waals surface area contributed by atoms with Crippen LogP contribution < -0.4 is 5.32 Å². The molecule has 1 heterocycles. The van der Waals surface area contributed by atoms with Crippen LogP contribution in [0.5, 0.6) is 0 Å². The van der Waals surface area contributed by atoms with Crippen LogP contribution in [0.15, 0.2) is 30.9 Å². The first-order valence-corrected chi connectivity index (χ1v) is 7.73. The Balaban J connectivity index is 2.24. The fourth-order valence-electron chi connectivity index (χ4n) is 2.42. The molecule has 0 fully saturated rings. The number of hydrogen-bond acceptors (Lipinski definition) is 4. The second-order valence-corrected chi connectivity index (χ2v) is 6.44. The zero-order chi connectivity index (χ0) is 17.9. The molecule has 128 valence electrons. The van der Waals surface area contributed by atoms with Gasteiger partial charge in [-0.05, 0) is 43.5 Å². The predicted molar refractivity (Wildman–Crippen MR) is 89.1 cm³/mol. The number of hydrogen-bond donors (Lipinski definition) is 2. The Morgan fingerprint density at radius 2 is 2.08 bits per heavy atom. The van der Waals surface area contributed by atoms with Gasteiger partial charge in [0.15, 0.2) is 0 Å². The van der Waals surface area contributed by atoms with Crippen molar-refractivity contribution in [3.63, 3.8) is 0 Å². The number of amides is 1. The summed E-state index contributed by atoms with van der Waals surface area (Å²) in [5, 5.41) is 16.0. The maximum Gasteiger partial charge on any atom is 0.305 e. The average molecular weight is 330 g/mol. The van der Waals surface area contributed by atoms with Gasteiger partial charge in [-0.15, -0.1) is 0 Å². The van der Waals surface area contributed by atoms with Crippen molar-refractivity contribution in [3.8, 4) is 5.69 Å². The SMILES string of the molecule is Cc1cc(-n2cncn2)ccc1C(=O)NC(C)(CC(=O)O)C(C)C. The zero-order valence-corrected chi connectivity index (χ0v) is 14.3. The molecule has 0 bridgehead atoms. The highest BCUT2D eigenvalue weighted by atomic mass is 16.4. The maximum atomic E-state index is 12.6. The molecule has 1 unspecified atom stereocenters. The third kappa shape index (κ3) is 3.79. The number of carbonyl (C=O) groups excluding carboxylic acids is 1. The highest BCUT2D eigenvalue weighted by molar-refractivity contribution is 5.96. The topological polar surface area (TPSA) is 97.1 Å². The van der Waals surface area contributed by atoms with E-state index in [1.807, 2.05) is 26.8 Å². The normalized spacial score (nSPS) is 13.5. The minimum atomic E-state index is -0.940. The van der Waals surface area contributed by atoms with E-state index in [-0.39, 0.29) is 18.2 Å². The molecule has 0 saturated carbocycles. The lowest BCUT2D eigenvalue weighted by Crippen LogP contribution is -2.51. The molecule has 2 rings (SSSR count). The molecule has 0 aliphatic rings. The summed E-state index contributed by atoms with van der Waals surface area (Å²) in [7, 11) is 0. The van der Waals surface area contributed by atoms with Crippen molar-refractivity contribution in [2.45, 2.75) is 39.7 Å². The molecule has 0 radical (unpaired) electrons. The molecule has 1 aromatic carbocycles. The third-order valence-electron chi connectivity index (χ3n) is 4.33. The largest absolute Gasteiger partial charge is 0.481 e. The Morgan fingerprint density at radius 3 is 2.58 bits per heavy atom. The van der Waals surface area contributed by atoms with Crippen molar-refractivity contribution >= 4 is 11.9 Å². The molecule has 7 heteroatoms. The van der Waals surface area contributed by atoms with Crippen LogP contribution in [0.25, 0.3) is 5.69 Å². The molecule has 0 aliphatic carbocycles. The van der Waals surface area contributed by atoms with Crippen molar-refractivity contribution in [2.24, 2.45) is 5.92 Å². The van der Waals surface area contributed by atoms with Gasteiger partial charge in [0.2, 0.25) is 0 Å². The number of carbonyl (C=O) groups is 2.